The van der Waals surface area contributed by atoms with Crippen LogP contribution < -0.4 is 5.73 Å². The summed E-state index contributed by atoms with van der Waals surface area (Å²) in [4.78, 5) is 27.4. The minimum absolute atomic E-state index is 0.0194. The van der Waals surface area contributed by atoms with Gasteiger partial charge >= 0.3 is 0 Å². The van der Waals surface area contributed by atoms with Crippen LogP contribution in [0, 0.1) is 12.7 Å². The molecule has 0 atom stereocenters. The molecule has 5 nitrogen and oxygen atoms in total. The molecule has 2 amide bonds. The maximum Gasteiger partial charge on any atom is 0.254 e. The van der Waals surface area contributed by atoms with Gasteiger partial charge in [0.15, 0.2) is 0 Å². The van der Waals surface area contributed by atoms with Gasteiger partial charge in [-0.05, 0) is 24.6 Å². The molecule has 6 heteroatoms. The second kappa shape index (κ2) is 6.67. The Labute approximate surface area is 123 Å². The Hall–Kier alpha value is -1.95. The number of hydrogen-bond acceptors (Lipinski definition) is 3. The van der Waals surface area contributed by atoms with Gasteiger partial charge in [0, 0.05) is 44.7 Å². The molecule has 0 aromatic heterocycles. The summed E-state index contributed by atoms with van der Waals surface area (Å²) in [6.07, 6.45) is 0.330. The third kappa shape index (κ3) is 3.58. The van der Waals surface area contributed by atoms with E-state index in [0.717, 1.165) is 0 Å². The van der Waals surface area contributed by atoms with Crippen LogP contribution in [0.1, 0.15) is 22.3 Å². The summed E-state index contributed by atoms with van der Waals surface area (Å²) in [5, 5.41) is 0. The van der Waals surface area contributed by atoms with Gasteiger partial charge in [0.05, 0.1) is 0 Å². The van der Waals surface area contributed by atoms with Gasteiger partial charge in [-0.15, -0.1) is 0 Å². The van der Waals surface area contributed by atoms with Crippen LogP contribution in [0.3, 0.4) is 0 Å². The highest BCUT2D eigenvalue weighted by Gasteiger charge is 2.24. The zero-order valence-electron chi connectivity index (χ0n) is 12.1. The number of nitrogens with zero attached hydrogens (tertiary/aromatic N) is 2. The van der Waals surface area contributed by atoms with E-state index in [2.05, 4.69) is 0 Å². The Bertz CT molecular complexity index is 540. The van der Waals surface area contributed by atoms with Gasteiger partial charge in [-0.25, -0.2) is 4.39 Å². The number of aryl methyl sites for hydroxylation is 1. The van der Waals surface area contributed by atoms with Crippen molar-refractivity contribution in [2.24, 2.45) is 5.73 Å². The quantitative estimate of drug-likeness (QED) is 0.895. The number of hydrogen-bond donors (Lipinski definition) is 1. The zero-order chi connectivity index (χ0) is 15.4. The first-order valence-corrected chi connectivity index (χ1v) is 7.06. The first-order valence-electron chi connectivity index (χ1n) is 7.06. The second-order valence-corrected chi connectivity index (χ2v) is 5.18. The number of nitrogens with two attached hydrogens (primary N) is 1. The number of rotatable bonds is 3. The number of carbonyl (C=O) groups excluding carboxylic acids is 2. The van der Waals surface area contributed by atoms with Crippen molar-refractivity contribution in [3.8, 4) is 0 Å². The fourth-order valence-electron chi connectivity index (χ4n) is 2.35. The minimum Gasteiger partial charge on any atom is -0.339 e. The average Bonchev–Trinajstić information content (AvgIpc) is 2.50. The molecule has 0 bridgehead atoms. The largest absolute Gasteiger partial charge is 0.339 e. The molecule has 0 unspecified atom stereocenters. The van der Waals surface area contributed by atoms with E-state index in [4.69, 9.17) is 5.73 Å². The molecule has 1 aliphatic heterocycles. The van der Waals surface area contributed by atoms with Gasteiger partial charge in [-0.2, -0.15) is 0 Å². The third-order valence-corrected chi connectivity index (χ3v) is 3.70. The van der Waals surface area contributed by atoms with E-state index in [1.807, 2.05) is 0 Å². The summed E-state index contributed by atoms with van der Waals surface area (Å²) >= 11 is 0. The maximum atomic E-state index is 13.5. The van der Waals surface area contributed by atoms with Crippen molar-refractivity contribution < 1.29 is 14.0 Å². The Morgan fingerprint density at radius 1 is 1.19 bits per heavy atom. The lowest BCUT2D eigenvalue weighted by Crippen LogP contribution is -2.50. The highest BCUT2D eigenvalue weighted by Crippen LogP contribution is 2.13. The lowest BCUT2D eigenvalue weighted by atomic mass is 10.1. The van der Waals surface area contributed by atoms with E-state index >= 15 is 0 Å². The fourth-order valence-corrected chi connectivity index (χ4v) is 2.35. The van der Waals surface area contributed by atoms with E-state index < -0.39 is 0 Å². The highest BCUT2D eigenvalue weighted by atomic mass is 19.1. The van der Waals surface area contributed by atoms with E-state index in [0.29, 0.717) is 50.3 Å². The van der Waals surface area contributed by atoms with Gasteiger partial charge in [-0.3, -0.25) is 9.59 Å². The molecule has 2 rings (SSSR count). The number of amides is 2. The molecule has 1 aliphatic rings. The molecule has 1 heterocycles. The molecule has 21 heavy (non-hydrogen) atoms. The van der Waals surface area contributed by atoms with Crippen molar-refractivity contribution >= 4 is 11.8 Å². The Balaban J connectivity index is 1.97. The monoisotopic (exact) mass is 293 g/mol. The normalized spacial score (nSPS) is 15.2. The predicted molar refractivity (Wildman–Crippen MR) is 77.3 cm³/mol. The second-order valence-electron chi connectivity index (χ2n) is 5.18. The lowest BCUT2D eigenvalue weighted by Gasteiger charge is -2.34. The summed E-state index contributed by atoms with van der Waals surface area (Å²) in [7, 11) is 0. The van der Waals surface area contributed by atoms with Crippen LogP contribution in [-0.2, 0) is 4.79 Å². The smallest absolute Gasteiger partial charge is 0.254 e. The molecule has 1 aromatic rings. The van der Waals surface area contributed by atoms with E-state index in [9.17, 15) is 14.0 Å². The molecule has 2 N–H and O–H groups in total. The highest BCUT2D eigenvalue weighted by molar-refractivity contribution is 5.94. The Morgan fingerprint density at radius 3 is 2.38 bits per heavy atom. The van der Waals surface area contributed by atoms with Gasteiger partial charge in [0.25, 0.3) is 5.91 Å². The van der Waals surface area contributed by atoms with Gasteiger partial charge in [-0.1, -0.05) is 6.07 Å². The number of carbonyl (C=O) groups is 2. The van der Waals surface area contributed by atoms with Crippen molar-refractivity contribution in [3.05, 3.63) is 35.1 Å². The van der Waals surface area contributed by atoms with Crippen molar-refractivity contribution in [3.63, 3.8) is 0 Å². The van der Waals surface area contributed by atoms with Crippen LogP contribution in [0.2, 0.25) is 0 Å². The van der Waals surface area contributed by atoms with Crippen LogP contribution in [-0.4, -0.2) is 54.3 Å². The maximum absolute atomic E-state index is 13.5. The van der Waals surface area contributed by atoms with E-state index in [1.165, 1.54) is 6.07 Å². The molecule has 1 saturated heterocycles. The van der Waals surface area contributed by atoms with Crippen LogP contribution in [0.15, 0.2) is 18.2 Å². The Kier molecular flexibility index (Phi) is 4.90. The number of piperazine rings is 1. The third-order valence-electron chi connectivity index (χ3n) is 3.70. The molecule has 0 spiro atoms. The zero-order valence-corrected chi connectivity index (χ0v) is 12.1. The summed E-state index contributed by atoms with van der Waals surface area (Å²) < 4.78 is 13.5. The molecule has 1 fully saturated rings. The van der Waals surface area contributed by atoms with Crippen LogP contribution in [0.4, 0.5) is 4.39 Å². The molecule has 0 radical (unpaired) electrons. The first-order chi connectivity index (χ1) is 10.0. The predicted octanol–water partition coefficient (Wildman–Crippen LogP) is 0.767. The van der Waals surface area contributed by atoms with Crippen LogP contribution in [0.5, 0.6) is 0 Å². The molecule has 114 valence electrons. The first kappa shape index (κ1) is 15.4. The summed E-state index contributed by atoms with van der Waals surface area (Å²) in [5.41, 5.74) is 6.23. The lowest BCUT2D eigenvalue weighted by molar-refractivity contribution is -0.132. The number of halogens is 1. The SMILES string of the molecule is Cc1ccc(C(=O)N2CCN(C(=O)CCN)CC2)cc1F. The molecular formula is C15H20FN3O2. The van der Waals surface area contributed by atoms with Gasteiger partial charge in [0.2, 0.25) is 5.91 Å². The van der Waals surface area contributed by atoms with Crippen molar-refractivity contribution in [2.75, 3.05) is 32.7 Å². The van der Waals surface area contributed by atoms with Crippen molar-refractivity contribution in [1.29, 1.82) is 0 Å². The summed E-state index contributed by atoms with van der Waals surface area (Å²) in [6, 6.07) is 4.50. The summed E-state index contributed by atoms with van der Waals surface area (Å²) in [6.45, 7) is 3.92. The van der Waals surface area contributed by atoms with Crippen molar-refractivity contribution in [2.45, 2.75) is 13.3 Å². The molecular weight excluding hydrogens is 273 g/mol. The Morgan fingerprint density at radius 2 is 1.81 bits per heavy atom. The van der Waals surface area contributed by atoms with Crippen LogP contribution in [0.25, 0.3) is 0 Å². The summed E-state index contributed by atoms with van der Waals surface area (Å²) in [5.74, 6) is -0.552. The topological polar surface area (TPSA) is 66.6 Å². The standard InChI is InChI=1S/C15H20FN3O2/c1-11-2-3-12(10-13(11)16)15(21)19-8-6-18(7-9-19)14(20)4-5-17/h2-3,10H,4-9,17H2,1H3. The average molecular weight is 293 g/mol. The molecule has 0 saturated carbocycles. The number of benzene rings is 1. The van der Waals surface area contributed by atoms with E-state index in [1.54, 1.807) is 28.9 Å². The van der Waals surface area contributed by atoms with E-state index in [-0.39, 0.29) is 17.6 Å². The van der Waals surface area contributed by atoms with Crippen LogP contribution >= 0.6 is 0 Å². The van der Waals surface area contributed by atoms with Crippen molar-refractivity contribution in [1.82, 2.24) is 9.80 Å². The van der Waals surface area contributed by atoms with Gasteiger partial charge in [0.1, 0.15) is 5.82 Å². The molecule has 0 aliphatic carbocycles. The molecule has 1 aromatic carbocycles. The minimum atomic E-state index is -0.377. The van der Waals surface area contributed by atoms with Gasteiger partial charge < -0.3 is 15.5 Å². The fraction of sp³-hybridized carbons (Fsp3) is 0.467.